The molecule has 0 unspecified atom stereocenters. The summed E-state index contributed by atoms with van der Waals surface area (Å²) >= 11 is 5.67. The van der Waals surface area contributed by atoms with Gasteiger partial charge in [0.15, 0.2) is 0 Å². The molecule has 2 rings (SSSR count). The van der Waals surface area contributed by atoms with Gasteiger partial charge in [0.1, 0.15) is 5.15 Å². The van der Waals surface area contributed by atoms with Crippen LogP contribution in [0.2, 0.25) is 5.15 Å². The number of urea groups is 1. The quantitative estimate of drug-likeness (QED) is 0.652. The van der Waals surface area contributed by atoms with E-state index in [4.69, 9.17) is 16.3 Å². The van der Waals surface area contributed by atoms with E-state index in [2.05, 4.69) is 15.6 Å². The number of nitrogens with zero attached hydrogens (tertiary/aromatic N) is 1. The lowest BCUT2D eigenvalue weighted by molar-refractivity contribution is -0.129. The van der Waals surface area contributed by atoms with Gasteiger partial charge in [-0.2, -0.15) is 0 Å². The van der Waals surface area contributed by atoms with Crippen molar-refractivity contribution in [3.63, 3.8) is 0 Å². The molecule has 2 N–H and O–H groups in total. The maximum absolute atomic E-state index is 12.2. The van der Waals surface area contributed by atoms with Crippen LogP contribution in [0.5, 0.6) is 0 Å². The first-order chi connectivity index (χ1) is 11.5. The first kappa shape index (κ1) is 17.4. The second-order valence-electron chi connectivity index (χ2n) is 4.63. The smallest absolute Gasteiger partial charge is 0.340 e. The van der Waals surface area contributed by atoms with Crippen LogP contribution in [0.3, 0.4) is 0 Å². The van der Waals surface area contributed by atoms with Gasteiger partial charge < -0.3 is 10.1 Å². The van der Waals surface area contributed by atoms with Gasteiger partial charge in [0, 0.05) is 18.8 Å². The van der Waals surface area contributed by atoms with Crippen molar-refractivity contribution in [1.82, 2.24) is 15.6 Å². The van der Waals surface area contributed by atoms with Gasteiger partial charge in [-0.3, -0.25) is 10.1 Å². The van der Waals surface area contributed by atoms with Crippen LogP contribution in [0.25, 0.3) is 0 Å². The number of rotatable bonds is 4. The number of ether oxygens (including phenoxy) is 1. The van der Waals surface area contributed by atoms with Crippen molar-refractivity contribution in [2.45, 2.75) is 6.10 Å². The minimum absolute atomic E-state index is 0.132. The van der Waals surface area contributed by atoms with Gasteiger partial charge in [-0.05, 0) is 12.1 Å². The summed E-state index contributed by atoms with van der Waals surface area (Å²) in [5.74, 6) is -1.53. The van der Waals surface area contributed by atoms with Crippen molar-refractivity contribution in [2.24, 2.45) is 0 Å². The average Bonchev–Trinajstić information content (AvgIpc) is 2.60. The zero-order valence-electron chi connectivity index (χ0n) is 12.7. The Kier molecular flexibility index (Phi) is 5.86. The van der Waals surface area contributed by atoms with Crippen LogP contribution in [0.15, 0.2) is 48.7 Å². The van der Waals surface area contributed by atoms with Crippen LogP contribution in [0.1, 0.15) is 22.0 Å². The lowest BCUT2D eigenvalue weighted by atomic mass is 10.1. The van der Waals surface area contributed by atoms with E-state index in [9.17, 15) is 14.4 Å². The molecular formula is C16H14ClN3O4. The molecule has 124 valence electrons. The van der Waals surface area contributed by atoms with Gasteiger partial charge in [-0.25, -0.2) is 14.6 Å². The van der Waals surface area contributed by atoms with E-state index in [1.165, 1.54) is 25.4 Å². The van der Waals surface area contributed by atoms with Crippen molar-refractivity contribution in [3.8, 4) is 0 Å². The van der Waals surface area contributed by atoms with Crippen molar-refractivity contribution >= 4 is 29.5 Å². The lowest BCUT2D eigenvalue weighted by Gasteiger charge is -2.17. The Morgan fingerprint density at radius 3 is 2.42 bits per heavy atom. The summed E-state index contributed by atoms with van der Waals surface area (Å²) in [4.78, 5) is 39.6. The Labute approximate surface area is 143 Å². The highest BCUT2D eigenvalue weighted by atomic mass is 35.5. The molecule has 0 spiro atoms. The molecule has 0 saturated heterocycles. The van der Waals surface area contributed by atoms with Crippen LogP contribution in [-0.2, 0) is 9.53 Å². The zero-order valence-corrected chi connectivity index (χ0v) is 13.4. The maximum atomic E-state index is 12.2. The number of amides is 3. The average molecular weight is 348 g/mol. The number of hydrogen-bond donors (Lipinski definition) is 2. The highest BCUT2D eigenvalue weighted by Gasteiger charge is 2.27. The Balaban J connectivity index is 2.22. The monoisotopic (exact) mass is 347 g/mol. The summed E-state index contributed by atoms with van der Waals surface area (Å²) in [6.07, 6.45) is -0.0460. The number of carbonyl (C=O) groups excluding carboxylic acids is 3. The SMILES string of the molecule is CNC(=O)NC(=O)[C@H](OC(=O)c1ccc(Cl)nc1)c1ccccc1. The Morgan fingerprint density at radius 1 is 1.12 bits per heavy atom. The molecule has 3 amide bonds. The number of halogens is 1. The Hall–Kier alpha value is -2.93. The molecule has 0 saturated carbocycles. The number of imide groups is 1. The van der Waals surface area contributed by atoms with E-state index in [-0.39, 0.29) is 10.7 Å². The standard InChI is InChI=1S/C16H14ClN3O4/c1-18-16(23)20-14(21)13(10-5-3-2-4-6-10)24-15(22)11-7-8-12(17)19-9-11/h2-9,13H,1H3,(H2,18,20,21,23)/t13-/m1/s1. The molecule has 2 aromatic rings. The van der Waals surface area contributed by atoms with E-state index < -0.39 is 24.0 Å². The highest BCUT2D eigenvalue weighted by molar-refractivity contribution is 6.29. The minimum Gasteiger partial charge on any atom is -0.444 e. The molecule has 1 aromatic carbocycles. The molecule has 0 bridgehead atoms. The van der Waals surface area contributed by atoms with Crippen LogP contribution >= 0.6 is 11.6 Å². The summed E-state index contributed by atoms with van der Waals surface area (Å²) in [6, 6.07) is 10.5. The summed E-state index contributed by atoms with van der Waals surface area (Å²) < 4.78 is 5.26. The minimum atomic E-state index is -1.29. The number of pyridine rings is 1. The fourth-order valence-corrected chi connectivity index (χ4v) is 1.92. The van der Waals surface area contributed by atoms with E-state index in [0.717, 1.165) is 0 Å². The fourth-order valence-electron chi connectivity index (χ4n) is 1.81. The second-order valence-corrected chi connectivity index (χ2v) is 5.02. The van der Waals surface area contributed by atoms with Gasteiger partial charge in [0.2, 0.25) is 6.10 Å². The van der Waals surface area contributed by atoms with E-state index in [1.807, 2.05) is 0 Å². The summed E-state index contributed by atoms with van der Waals surface area (Å²) in [7, 11) is 1.37. The molecule has 1 heterocycles. The molecule has 1 aromatic heterocycles. The van der Waals surface area contributed by atoms with Gasteiger partial charge in [0.25, 0.3) is 5.91 Å². The number of aromatic nitrogens is 1. The number of hydrogen-bond acceptors (Lipinski definition) is 5. The topological polar surface area (TPSA) is 97.4 Å². The van der Waals surface area contributed by atoms with Gasteiger partial charge in [-0.15, -0.1) is 0 Å². The molecule has 0 fully saturated rings. The molecule has 1 atom stereocenters. The molecule has 0 aliphatic heterocycles. The first-order valence-corrected chi connectivity index (χ1v) is 7.29. The molecular weight excluding hydrogens is 334 g/mol. The van der Waals surface area contributed by atoms with E-state index in [0.29, 0.717) is 5.56 Å². The number of esters is 1. The van der Waals surface area contributed by atoms with Crippen LogP contribution < -0.4 is 10.6 Å². The molecule has 24 heavy (non-hydrogen) atoms. The van der Waals surface area contributed by atoms with Crippen molar-refractivity contribution in [1.29, 1.82) is 0 Å². The number of carbonyl (C=O) groups is 3. The number of benzene rings is 1. The first-order valence-electron chi connectivity index (χ1n) is 6.91. The van der Waals surface area contributed by atoms with Gasteiger partial charge in [-0.1, -0.05) is 41.9 Å². The molecule has 0 aliphatic rings. The number of nitrogens with one attached hydrogen (secondary N) is 2. The third-order valence-corrected chi connectivity index (χ3v) is 3.22. The summed E-state index contributed by atoms with van der Waals surface area (Å²) in [5.41, 5.74) is 0.558. The summed E-state index contributed by atoms with van der Waals surface area (Å²) in [6.45, 7) is 0. The van der Waals surface area contributed by atoms with Crippen LogP contribution in [-0.4, -0.2) is 29.9 Å². The van der Waals surface area contributed by atoms with Gasteiger partial charge >= 0.3 is 12.0 Å². The van der Waals surface area contributed by atoms with E-state index >= 15 is 0 Å². The maximum Gasteiger partial charge on any atom is 0.340 e. The van der Waals surface area contributed by atoms with Crippen molar-refractivity contribution in [2.75, 3.05) is 7.05 Å². The Bertz CT molecular complexity index is 735. The fraction of sp³-hybridized carbons (Fsp3) is 0.125. The van der Waals surface area contributed by atoms with Crippen molar-refractivity contribution < 1.29 is 19.1 Å². The van der Waals surface area contributed by atoms with Crippen molar-refractivity contribution in [3.05, 3.63) is 64.9 Å². The molecule has 0 aliphatic carbocycles. The normalized spacial score (nSPS) is 11.2. The summed E-state index contributed by atoms with van der Waals surface area (Å²) in [5, 5.41) is 4.57. The zero-order chi connectivity index (χ0) is 17.5. The van der Waals surface area contributed by atoms with Crippen LogP contribution in [0.4, 0.5) is 4.79 Å². The third-order valence-electron chi connectivity index (χ3n) is 2.99. The largest absolute Gasteiger partial charge is 0.444 e. The highest BCUT2D eigenvalue weighted by Crippen LogP contribution is 2.19. The molecule has 8 heteroatoms. The Morgan fingerprint density at radius 2 is 1.83 bits per heavy atom. The molecule has 0 radical (unpaired) electrons. The lowest BCUT2D eigenvalue weighted by Crippen LogP contribution is -2.41. The second kappa shape index (κ2) is 8.07. The van der Waals surface area contributed by atoms with E-state index in [1.54, 1.807) is 30.3 Å². The van der Waals surface area contributed by atoms with Gasteiger partial charge in [0.05, 0.1) is 5.56 Å². The molecule has 7 nitrogen and oxygen atoms in total. The van der Waals surface area contributed by atoms with Crippen LogP contribution in [0, 0.1) is 0 Å². The predicted octanol–water partition coefficient (Wildman–Crippen LogP) is 2.09. The predicted molar refractivity (Wildman–Crippen MR) is 86.4 cm³/mol. The third kappa shape index (κ3) is 4.53.